The fourth-order valence-corrected chi connectivity index (χ4v) is 0.731. The predicted octanol–water partition coefficient (Wildman–Crippen LogP) is 0.987. The highest BCUT2D eigenvalue weighted by molar-refractivity contribution is 7.80. The highest BCUT2D eigenvalue weighted by atomic mass is 32.1. The van der Waals surface area contributed by atoms with Crippen molar-refractivity contribution < 1.29 is 0 Å². The van der Waals surface area contributed by atoms with Gasteiger partial charge in [-0.25, -0.2) is 4.98 Å². The van der Waals surface area contributed by atoms with E-state index in [1.54, 1.807) is 6.20 Å². The smallest absolute Gasteiger partial charge is 0.162 e. The van der Waals surface area contributed by atoms with Crippen molar-refractivity contribution in [1.29, 1.82) is 0 Å². The average Bonchev–Trinajstić information content (AvgIpc) is 1.87. The summed E-state index contributed by atoms with van der Waals surface area (Å²) < 4.78 is 0. The number of hydrogen-bond acceptors (Lipinski definition) is 3. The van der Waals surface area contributed by atoms with E-state index in [0.717, 1.165) is 5.03 Å². The van der Waals surface area contributed by atoms with E-state index in [0.29, 0.717) is 5.16 Å². The second kappa shape index (κ2) is 1.79. The van der Waals surface area contributed by atoms with Gasteiger partial charge < -0.3 is 4.98 Å². The van der Waals surface area contributed by atoms with E-state index < -0.39 is 0 Å². The molecule has 1 heterocycles. The number of H-pyrrole nitrogens is 1. The zero-order valence-corrected chi connectivity index (χ0v) is 5.21. The Morgan fingerprint density at radius 2 is 2.29 bits per heavy atom. The largest absolute Gasteiger partial charge is 0.329 e. The van der Waals surface area contributed by atoms with E-state index in [2.05, 4.69) is 35.2 Å². The normalized spacial score (nSPS) is 9.43. The number of aromatic amines is 1. The Bertz CT molecular complexity index is 143. The zero-order valence-electron chi connectivity index (χ0n) is 3.42. The topological polar surface area (TPSA) is 28.7 Å². The number of aromatic nitrogens is 2. The third-order valence-electron chi connectivity index (χ3n) is 0.549. The van der Waals surface area contributed by atoms with Gasteiger partial charge in [0.1, 0.15) is 0 Å². The Morgan fingerprint density at radius 1 is 1.57 bits per heavy atom. The third-order valence-corrected chi connectivity index (χ3v) is 1.00. The first-order valence-electron chi connectivity index (χ1n) is 1.72. The second-order valence-electron chi connectivity index (χ2n) is 1.09. The van der Waals surface area contributed by atoms with E-state index in [9.17, 15) is 0 Å². The van der Waals surface area contributed by atoms with E-state index in [4.69, 9.17) is 0 Å². The number of hydrogen-bond donors (Lipinski definition) is 3. The lowest BCUT2D eigenvalue weighted by Gasteiger charge is -1.72. The minimum Gasteiger partial charge on any atom is -0.329 e. The van der Waals surface area contributed by atoms with E-state index in [1.165, 1.54) is 0 Å². The van der Waals surface area contributed by atoms with E-state index in [-0.39, 0.29) is 0 Å². The standard InChI is InChI=1S/C3H4N2S2/c6-2-1-4-3(7)5-2/h1,6H,(H2,4,5,7). The molecule has 38 valence electrons. The highest BCUT2D eigenvalue weighted by Gasteiger charge is 1.85. The molecule has 1 N–H and O–H groups in total. The minimum atomic E-state index is 0.602. The van der Waals surface area contributed by atoms with Crippen molar-refractivity contribution in [3.63, 3.8) is 0 Å². The number of nitrogens with one attached hydrogen (secondary N) is 1. The molecule has 0 aliphatic carbocycles. The van der Waals surface area contributed by atoms with Gasteiger partial charge in [0.2, 0.25) is 0 Å². The van der Waals surface area contributed by atoms with Crippen LogP contribution in [-0.4, -0.2) is 9.97 Å². The van der Waals surface area contributed by atoms with Gasteiger partial charge in [-0.2, -0.15) is 0 Å². The quantitative estimate of drug-likeness (QED) is 0.451. The molecule has 0 fully saturated rings. The Morgan fingerprint density at radius 3 is 2.43 bits per heavy atom. The molecule has 0 saturated heterocycles. The summed E-state index contributed by atoms with van der Waals surface area (Å²) in [4.78, 5) is 6.50. The van der Waals surface area contributed by atoms with Crippen molar-refractivity contribution in [3.8, 4) is 0 Å². The molecule has 0 aromatic carbocycles. The summed E-state index contributed by atoms with van der Waals surface area (Å²) in [5.74, 6) is 0. The predicted molar refractivity (Wildman–Crippen MR) is 33.1 cm³/mol. The maximum atomic E-state index is 3.94. The second-order valence-corrected chi connectivity index (χ2v) is 2.00. The van der Waals surface area contributed by atoms with Crippen LogP contribution in [0.4, 0.5) is 0 Å². The third kappa shape index (κ3) is 1.14. The van der Waals surface area contributed by atoms with Gasteiger partial charge >= 0.3 is 0 Å². The summed E-state index contributed by atoms with van der Waals surface area (Å²) in [5.41, 5.74) is 0. The van der Waals surface area contributed by atoms with Crippen LogP contribution in [0.15, 0.2) is 16.4 Å². The summed E-state index contributed by atoms with van der Waals surface area (Å²) in [5, 5.41) is 1.34. The molecule has 0 unspecified atom stereocenters. The molecule has 1 aromatic heterocycles. The van der Waals surface area contributed by atoms with Crippen LogP contribution in [0.3, 0.4) is 0 Å². The molecular weight excluding hydrogens is 128 g/mol. The van der Waals surface area contributed by atoms with Crippen LogP contribution < -0.4 is 0 Å². The van der Waals surface area contributed by atoms with Crippen LogP contribution in [-0.2, 0) is 0 Å². The van der Waals surface area contributed by atoms with Gasteiger partial charge in [0.25, 0.3) is 0 Å². The first-order valence-corrected chi connectivity index (χ1v) is 2.61. The molecule has 2 nitrogen and oxygen atoms in total. The number of imidazole rings is 1. The number of rotatable bonds is 0. The molecule has 0 saturated carbocycles. The minimum absolute atomic E-state index is 0.602. The monoisotopic (exact) mass is 132 g/mol. The van der Waals surface area contributed by atoms with E-state index >= 15 is 0 Å². The van der Waals surface area contributed by atoms with Crippen LogP contribution >= 0.6 is 25.3 Å². The molecule has 0 bridgehead atoms. The van der Waals surface area contributed by atoms with Crippen LogP contribution in [0.2, 0.25) is 0 Å². The Kier molecular flexibility index (Phi) is 1.30. The Balaban J connectivity index is 3.04. The first-order chi connectivity index (χ1) is 3.29. The number of thiol groups is 2. The van der Waals surface area contributed by atoms with Gasteiger partial charge in [-0.15, -0.1) is 25.3 Å². The average molecular weight is 132 g/mol. The highest BCUT2D eigenvalue weighted by Crippen LogP contribution is 2.02. The molecule has 1 rings (SSSR count). The van der Waals surface area contributed by atoms with Crippen molar-refractivity contribution in [2.45, 2.75) is 10.2 Å². The van der Waals surface area contributed by atoms with Crippen molar-refractivity contribution in [2.24, 2.45) is 0 Å². The van der Waals surface area contributed by atoms with Crippen LogP contribution in [0.1, 0.15) is 0 Å². The lowest BCUT2D eigenvalue weighted by atomic mass is 11.0. The molecule has 0 atom stereocenters. The molecule has 1 aromatic rings. The summed E-state index contributed by atoms with van der Waals surface area (Å²) in [6.07, 6.45) is 1.60. The van der Waals surface area contributed by atoms with Crippen LogP contribution in [0.25, 0.3) is 0 Å². The fraction of sp³-hybridized carbons (Fsp3) is 0. The molecule has 0 aliphatic rings. The lowest BCUT2D eigenvalue weighted by Crippen LogP contribution is -1.61. The summed E-state index contributed by atoms with van der Waals surface area (Å²) >= 11 is 7.83. The van der Waals surface area contributed by atoms with Crippen LogP contribution in [0, 0.1) is 0 Å². The van der Waals surface area contributed by atoms with Crippen molar-refractivity contribution in [2.75, 3.05) is 0 Å². The van der Waals surface area contributed by atoms with Gasteiger partial charge in [0.15, 0.2) is 5.16 Å². The maximum absolute atomic E-state index is 3.94. The molecule has 7 heavy (non-hydrogen) atoms. The van der Waals surface area contributed by atoms with Crippen LogP contribution in [0.5, 0.6) is 0 Å². The summed E-state index contributed by atoms with van der Waals surface area (Å²) in [7, 11) is 0. The maximum Gasteiger partial charge on any atom is 0.162 e. The molecule has 4 heteroatoms. The van der Waals surface area contributed by atoms with Gasteiger partial charge in [0.05, 0.1) is 11.2 Å². The molecule has 0 aliphatic heterocycles. The Hall–Kier alpha value is -0.0900. The number of nitrogens with zero attached hydrogens (tertiary/aromatic N) is 1. The lowest BCUT2D eigenvalue weighted by molar-refractivity contribution is 1.03. The van der Waals surface area contributed by atoms with E-state index in [1.807, 2.05) is 0 Å². The van der Waals surface area contributed by atoms with Gasteiger partial charge in [0, 0.05) is 0 Å². The SMILES string of the molecule is Sc1cnc(S)[nH]1. The van der Waals surface area contributed by atoms with Gasteiger partial charge in [-0.3, -0.25) is 0 Å². The molecule has 0 spiro atoms. The van der Waals surface area contributed by atoms with Crippen molar-refractivity contribution in [3.05, 3.63) is 6.20 Å². The van der Waals surface area contributed by atoms with Gasteiger partial charge in [-0.1, -0.05) is 0 Å². The summed E-state index contributed by atoms with van der Waals surface area (Å²) in [6.45, 7) is 0. The molecular formula is C3H4N2S2. The molecule has 0 amide bonds. The molecule has 0 radical (unpaired) electrons. The van der Waals surface area contributed by atoms with Crippen molar-refractivity contribution in [1.82, 2.24) is 9.97 Å². The van der Waals surface area contributed by atoms with Gasteiger partial charge in [-0.05, 0) is 0 Å². The summed E-state index contributed by atoms with van der Waals surface area (Å²) in [6, 6.07) is 0. The van der Waals surface area contributed by atoms with Crippen molar-refractivity contribution >= 4 is 25.3 Å². The fourth-order valence-electron chi connectivity index (χ4n) is 0.301. The first kappa shape index (κ1) is 5.05. The zero-order chi connectivity index (χ0) is 5.28. The Labute approximate surface area is 52.2 Å².